The first-order chi connectivity index (χ1) is 11.8. The van der Waals surface area contributed by atoms with E-state index in [0.29, 0.717) is 29.6 Å². The summed E-state index contributed by atoms with van der Waals surface area (Å²) in [7, 11) is -4.28. The number of imidazole rings is 1. The Morgan fingerprint density at radius 2 is 2.20 bits per heavy atom. The summed E-state index contributed by atoms with van der Waals surface area (Å²) in [6, 6.07) is 0.404. The number of hydrogen-bond donors (Lipinski definition) is 4. The molecule has 1 saturated carbocycles. The highest BCUT2D eigenvalue weighted by molar-refractivity contribution is 9.09. The first-order valence-electron chi connectivity index (χ1n) is 7.91. The number of nitrogens with zero attached hydrogens (tertiary/aromatic N) is 4. The molecule has 25 heavy (non-hydrogen) atoms. The summed E-state index contributed by atoms with van der Waals surface area (Å²) in [5.41, 5.74) is 7.05. The smallest absolute Gasteiger partial charge is 0.354 e. The quantitative estimate of drug-likeness (QED) is 0.404. The standard InChI is InChI=1S/C13H18BrN6O4P/c14-10-6(3-8(24-10)25(21,22)23)4-20-5-16-9-11(17-7-1-2-7)18-13(15)19-12(9)20/h5-8,10H,1-4H2,(H2,21,22,23)(H3,15,17,18,19)/t6-,8+,10-/m0/s1. The lowest BCUT2D eigenvalue weighted by Gasteiger charge is -2.13. The van der Waals surface area contributed by atoms with Crippen LogP contribution in [0.15, 0.2) is 6.33 Å². The van der Waals surface area contributed by atoms with E-state index in [1.165, 1.54) is 0 Å². The molecule has 0 amide bonds. The second-order valence-electron chi connectivity index (χ2n) is 6.44. The molecule has 0 radical (unpaired) electrons. The van der Waals surface area contributed by atoms with Crippen LogP contribution in [0.2, 0.25) is 0 Å². The van der Waals surface area contributed by atoms with Gasteiger partial charge in [-0.2, -0.15) is 9.97 Å². The molecule has 0 bridgehead atoms. The van der Waals surface area contributed by atoms with Gasteiger partial charge >= 0.3 is 7.60 Å². The van der Waals surface area contributed by atoms with Crippen LogP contribution in [0.1, 0.15) is 19.3 Å². The third-order valence-electron chi connectivity index (χ3n) is 4.37. The summed E-state index contributed by atoms with van der Waals surface area (Å²) in [6.07, 6.45) is 4.08. The van der Waals surface area contributed by atoms with Crippen molar-refractivity contribution in [3.05, 3.63) is 6.33 Å². The molecular formula is C13H18BrN6O4P. The van der Waals surface area contributed by atoms with E-state index in [2.05, 4.69) is 36.2 Å². The van der Waals surface area contributed by atoms with E-state index in [1.807, 2.05) is 4.57 Å². The van der Waals surface area contributed by atoms with Gasteiger partial charge in [-0.05, 0) is 19.3 Å². The molecule has 1 saturated heterocycles. The van der Waals surface area contributed by atoms with Gasteiger partial charge in [-0.1, -0.05) is 15.9 Å². The summed E-state index contributed by atoms with van der Waals surface area (Å²) in [5, 5.41) is 2.85. The van der Waals surface area contributed by atoms with E-state index < -0.39 is 18.5 Å². The van der Waals surface area contributed by atoms with Crippen molar-refractivity contribution in [1.29, 1.82) is 0 Å². The topological polar surface area (TPSA) is 148 Å². The van der Waals surface area contributed by atoms with E-state index in [-0.39, 0.29) is 18.3 Å². The van der Waals surface area contributed by atoms with Crippen molar-refractivity contribution in [3.8, 4) is 0 Å². The van der Waals surface area contributed by atoms with Gasteiger partial charge in [-0.15, -0.1) is 0 Å². The number of hydrogen-bond acceptors (Lipinski definition) is 7. The van der Waals surface area contributed by atoms with Crippen molar-refractivity contribution in [2.75, 3.05) is 11.1 Å². The minimum absolute atomic E-state index is 0.133. The fraction of sp³-hybridized carbons (Fsp3) is 0.615. The highest BCUT2D eigenvalue weighted by Crippen LogP contribution is 2.51. The fourth-order valence-corrected chi connectivity index (χ4v) is 4.57. The summed E-state index contributed by atoms with van der Waals surface area (Å²) in [4.78, 5) is 31.5. The largest absolute Gasteiger partial charge is 0.368 e. The molecule has 0 spiro atoms. The minimum atomic E-state index is -4.28. The van der Waals surface area contributed by atoms with Crippen LogP contribution < -0.4 is 11.1 Å². The molecule has 2 aliphatic rings. The lowest BCUT2D eigenvalue weighted by molar-refractivity contribution is 0.116. The summed E-state index contributed by atoms with van der Waals surface area (Å²) in [5.74, 6) is -0.451. The van der Waals surface area contributed by atoms with Gasteiger partial charge in [-0.3, -0.25) is 4.57 Å². The highest BCUT2D eigenvalue weighted by atomic mass is 79.9. The molecule has 136 valence electrons. The zero-order chi connectivity index (χ0) is 17.8. The maximum absolute atomic E-state index is 11.4. The van der Waals surface area contributed by atoms with Crippen LogP contribution in [0.4, 0.5) is 11.8 Å². The normalized spacial score (nSPS) is 27.1. The third-order valence-corrected chi connectivity index (χ3v) is 6.41. The average Bonchev–Trinajstić information content (AvgIpc) is 3.12. The number of fused-ring (bicyclic) bond motifs is 1. The third kappa shape index (κ3) is 3.52. The van der Waals surface area contributed by atoms with E-state index in [1.54, 1.807) is 6.33 Å². The van der Waals surface area contributed by atoms with Gasteiger partial charge in [0.15, 0.2) is 22.8 Å². The molecule has 0 aromatic carbocycles. The number of alkyl halides is 1. The van der Waals surface area contributed by atoms with Crippen LogP contribution >= 0.6 is 23.5 Å². The van der Waals surface area contributed by atoms with Crippen molar-refractivity contribution in [2.45, 2.75) is 42.7 Å². The second-order valence-corrected chi connectivity index (χ2v) is 9.10. The van der Waals surface area contributed by atoms with Crippen molar-refractivity contribution in [1.82, 2.24) is 19.5 Å². The lowest BCUT2D eigenvalue weighted by Crippen LogP contribution is -2.16. The average molecular weight is 433 g/mol. The molecule has 3 heterocycles. The van der Waals surface area contributed by atoms with Crippen molar-refractivity contribution >= 4 is 46.5 Å². The number of anilines is 2. The maximum atomic E-state index is 11.4. The van der Waals surface area contributed by atoms with Gasteiger partial charge in [0.05, 0.1) is 6.33 Å². The van der Waals surface area contributed by atoms with Crippen molar-refractivity contribution in [2.24, 2.45) is 5.92 Å². The Kier molecular flexibility index (Phi) is 4.24. The maximum Gasteiger partial charge on any atom is 0.354 e. The number of nitrogen functional groups attached to an aromatic ring is 1. The number of ether oxygens (including phenoxy) is 1. The van der Waals surface area contributed by atoms with Gasteiger partial charge < -0.3 is 30.1 Å². The molecule has 2 aromatic heterocycles. The van der Waals surface area contributed by atoms with Gasteiger partial charge in [-0.25, -0.2) is 4.98 Å². The lowest BCUT2D eigenvalue weighted by atomic mass is 10.1. The molecular weight excluding hydrogens is 415 g/mol. The first kappa shape index (κ1) is 17.2. The van der Waals surface area contributed by atoms with Crippen LogP contribution in [0.25, 0.3) is 11.2 Å². The van der Waals surface area contributed by atoms with Crippen LogP contribution in [-0.4, -0.2) is 46.2 Å². The van der Waals surface area contributed by atoms with Gasteiger partial charge in [0, 0.05) is 18.5 Å². The zero-order valence-corrected chi connectivity index (χ0v) is 15.6. The SMILES string of the molecule is Nc1nc(NC2CC2)c2ncn(C[C@@H]3C[C@@H](P(=O)(O)O)O[C@@H]3Br)c2n1. The molecule has 2 fully saturated rings. The van der Waals surface area contributed by atoms with Crippen molar-refractivity contribution in [3.63, 3.8) is 0 Å². The Balaban J connectivity index is 1.59. The summed E-state index contributed by atoms with van der Waals surface area (Å²) in [6.45, 7) is 0.447. The number of nitrogens with one attached hydrogen (secondary N) is 1. The molecule has 0 unspecified atom stereocenters. The minimum Gasteiger partial charge on any atom is -0.368 e. The number of halogens is 1. The second kappa shape index (κ2) is 6.17. The van der Waals surface area contributed by atoms with E-state index in [0.717, 1.165) is 12.8 Å². The Hall–Kier alpha value is -1.26. The van der Waals surface area contributed by atoms with Crippen LogP contribution in [-0.2, 0) is 15.8 Å². The summed E-state index contributed by atoms with van der Waals surface area (Å²) < 4.78 is 18.6. The predicted molar refractivity (Wildman–Crippen MR) is 94.1 cm³/mol. The van der Waals surface area contributed by atoms with E-state index in [4.69, 9.17) is 10.5 Å². The summed E-state index contributed by atoms with van der Waals surface area (Å²) >= 11 is 3.35. The first-order valence-corrected chi connectivity index (χ1v) is 10.5. The van der Waals surface area contributed by atoms with Crippen molar-refractivity contribution < 1.29 is 19.1 Å². The van der Waals surface area contributed by atoms with Crippen LogP contribution in [0, 0.1) is 5.92 Å². The van der Waals surface area contributed by atoms with Gasteiger partial charge in [0.25, 0.3) is 0 Å². The van der Waals surface area contributed by atoms with Crippen LogP contribution in [0.5, 0.6) is 0 Å². The van der Waals surface area contributed by atoms with E-state index in [9.17, 15) is 14.4 Å². The molecule has 1 aliphatic heterocycles. The molecule has 3 atom stereocenters. The predicted octanol–water partition coefficient (Wildman–Crippen LogP) is 1.24. The monoisotopic (exact) mass is 432 g/mol. The van der Waals surface area contributed by atoms with Crippen LogP contribution in [0.3, 0.4) is 0 Å². The fourth-order valence-electron chi connectivity index (χ4n) is 2.93. The number of nitrogens with two attached hydrogens (primary N) is 1. The number of aromatic nitrogens is 4. The highest BCUT2D eigenvalue weighted by Gasteiger charge is 2.43. The molecule has 5 N–H and O–H groups in total. The van der Waals surface area contributed by atoms with Gasteiger partial charge in [0.2, 0.25) is 5.95 Å². The molecule has 12 heteroatoms. The Morgan fingerprint density at radius 1 is 1.44 bits per heavy atom. The number of rotatable bonds is 5. The van der Waals surface area contributed by atoms with E-state index >= 15 is 0 Å². The molecule has 4 rings (SSSR count). The Labute approximate surface area is 151 Å². The van der Waals surface area contributed by atoms with Gasteiger partial charge in [0.1, 0.15) is 5.01 Å². The Bertz CT molecular complexity index is 852. The zero-order valence-electron chi connectivity index (χ0n) is 13.1. The molecule has 10 nitrogen and oxygen atoms in total. The Morgan fingerprint density at radius 3 is 2.84 bits per heavy atom. The molecule has 2 aromatic rings. The molecule has 1 aliphatic carbocycles.